The van der Waals surface area contributed by atoms with Crippen LogP contribution in [0.4, 0.5) is 17.6 Å². The number of ether oxygens (including phenoxy) is 1. The van der Waals surface area contributed by atoms with Crippen LogP contribution in [0.5, 0.6) is 5.75 Å². The average molecular weight is 282 g/mol. The first kappa shape index (κ1) is 14.1. The van der Waals surface area contributed by atoms with E-state index in [-0.39, 0.29) is 5.75 Å². The Kier molecular flexibility index (Phi) is 3.79. The maximum Gasteiger partial charge on any atom is 0.573 e. The summed E-state index contributed by atoms with van der Waals surface area (Å²) in [7, 11) is 0. The first-order valence-corrected chi connectivity index (χ1v) is 5.66. The number of rotatable bonds is 3. The Morgan fingerprint density at radius 1 is 0.950 bits per heavy atom. The summed E-state index contributed by atoms with van der Waals surface area (Å²) in [5, 5.41) is 0. The molecule has 0 aliphatic rings. The van der Waals surface area contributed by atoms with Crippen molar-refractivity contribution in [2.75, 3.05) is 0 Å². The average Bonchev–Trinajstić information content (AvgIpc) is 2.37. The van der Waals surface area contributed by atoms with Crippen molar-refractivity contribution in [2.24, 2.45) is 0 Å². The van der Waals surface area contributed by atoms with Crippen LogP contribution in [0.25, 0.3) is 17.2 Å². The molecule has 0 fully saturated rings. The van der Waals surface area contributed by atoms with Gasteiger partial charge in [-0.2, -0.15) is 0 Å². The molecule has 0 aromatic heterocycles. The van der Waals surface area contributed by atoms with E-state index >= 15 is 0 Å². The van der Waals surface area contributed by atoms with Crippen LogP contribution in [0.1, 0.15) is 5.56 Å². The molecular weight excluding hydrogens is 272 g/mol. The lowest BCUT2D eigenvalue weighted by molar-refractivity contribution is -0.274. The topological polar surface area (TPSA) is 9.23 Å². The van der Waals surface area contributed by atoms with Gasteiger partial charge in [-0.1, -0.05) is 24.8 Å². The molecule has 0 bridgehead atoms. The van der Waals surface area contributed by atoms with Gasteiger partial charge in [0.2, 0.25) is 0 Å². The fraction of sp³-hybridized carbons (Fsp3) is 0.0667. The van der Waals surface area contributed by atoms with E-state index < -0.39 is 12.2 Å². The molecule has 0 heterocycles. The van der Waals surface area contributed by atoms with Gasteiger partial charge in [0.05, 0.1) is 0 Å². The van der Waals surface area contributed by atoms with Gasteiger partial charge in [-0.05, 0) is 47.0 Å². The van der Waals surface area contributed by atoms with Gasteiger partial charge < -0.3 is 4.74 Å². The molecule has 0 aliphatic carbocycles. The quantitative estimate of drug-likeness (QED) is 0.717. The maximum atomic E-state index is 13.4. The summed E-state index contributed by atoms with van der Waals surface area (Å²) in [4.78, 5) is 0. The predicted molar refractivity (Wildman–Crippen MR) is 68.6 cm³/mol. The van der Waals surface area contributed by atoms with Crippen LogP contribution in [0.15, 0.2) is 49.0 Å². The maximum absolute atomic E-state index is 13.4. The second-order valence-corrected chi connectivity index (χ2v) is 4.05. The van der Waals surface area contributed by atoms with Crippen molar-refractivity contribution in [3.8, 4) is 16.9 Å². The number of alkyl halides is 3. The summed E-state index contributed by atoms with van der Waals surface area (Å²) in [5.41, 5.74) is 1.73. The molecule has 0 saturated heterocycles. The third-order valence-electron chi connectivity index (χ3n) is 2.58. The zero-order valence-corrected chi connectivity index (χ0v) is 10.2. The number of halogens is 4. The van der Waals surface area contributed by atoms with E-state index in [9.17, 15) is 17.6 Å². The van der Waals surface area contributed by atoms with Crippen molar-refractivity contribution < 1.29 is 22.3 Å². The molecule has 0 atom stereocenters. The molecule has 5 heteroatoms. The first-order chi connectivity index (χ1) is 9.37. The highest BCUT2D eigenvalue weighted by molar-refractivity contribution is 5.67. The molecule has 0 N–H and O–H groups in total. The van der Waals surface area contributed by atoms with E-state index in [1.807, 2.05) is 0 Å². The standard InChI is InChI=1S/C15H10F4O/c1-2-10-7-12(9-13(16)8-10)11-3-5-14(6-4-11)20-15(17,18)19/h2-9H,1H2. The smallest absolute Gasteiger partial charge is 0.406 e. The van der Waals surface area contributed by atoms with E-state index in [2.05, 4.69) is 11.3 Å². The highest BCUT2D eigenvalue weighted by atomic mass is 19.4. The van der Waals surface area contributed by atoms with Crippen LogP contribution in [0.2, 0.25) is 0 Å². The molecule has 1 nitrogen and oxygen atoms in total. The Labute approximate surface area is 113 Å². The lowest BCUT2D eigenvalue weighted by atomic mass is 10.0. The Hall–Kier alpha value is -2.30. The van der Waals surface area contributed by atoms with Crippen LogP contribution in [0.3, 0.4) is 0 Å². The second kappa shape index (κ2) is 5.36. The molecule has 0 radical (unpaired) electrons. The minimum Gasteiger partial charge on any atom is -0.406 e. The number of hydrogen-bond donors (Lipinski definition) is 0. The van der Waals surface area contributed by atoms with Crippen LogP contribution in [0, 0.1) is 5.82 Å². The zero-order valence-electron chi connectivity index (χ0n) is 10.2. The fourth-order valence-corrected chi connectivity index (χ4v) is 1.75. The number of benzene rings is 2. The largest absolute Gasteiger partial charge is 0.573 e. The first-order valence-electron chi connectivity index (χ1n) is 5.66. The van der Waals surface area contributed by atoms with Crippen LogP contribution in [-0.4, -0.2) is 6.36 Å². The van der Waals surface area contributed by atoms with Gasteiger partial charge >= 0.3 is 6.36 Å². The molecule has 2 aromatic rings. The molecule has 0 unspecified atom stereocenters. The Morgan fingerprint density at radius 3 is 2.15 bits per heavy atom. The van der Waals surface area contributed by atoms with Gasteiger partial charge in [-0.15, -0.1) is 13.2 Å². The summed E-state index contributed by atoms with van der Waals surface area (Å²) >= 11 is 0. The highest BCUT2D eigenvalue weighted by Gasteiger charge is 2.30. The van der Waals surface area contributed by atoms with Gasteiger partial charge in [0.15, 0.2) is 0 Å². The minimum atomic E-state index is -4.73. The Bertz CT molecular complexity index is 615. The lowest BCUT2D eigenvalue weighted by Gasteiger charge is -2.09. The molecular formula is C15H10F4O. The molecule has 0 spiro atoms. The van der Waals surface area contributed by atoms with E-state index in [1.165, 1.54) is 42.5 Å². The molecule has 0 amide bonds. The summed E-state index contributed by atoms with van der Waals surface area (Å²) in [6.07, 6.45) is -3.23. The van der Waals surface area contributed by atoms with Crippen LogP contribution in [-0.2, 0) is 0 Å². The van der Waals surface area contributed by atoms with E-state index in [4.69, 9.17) is 0 Å². The fourth-order valence-electron chi connectivity index (χ4n) is 1.75. The predicted octanol–water partition coefficient (Wildman–Crippen LogP) is 5.03. The van der Waals surface area contributed by atoms with Gasteiger partial charge in [0.25, 0.3) is 0 Å². The van der Waals surface area contributed by atoms with Crippen LogP contribution < -0.4 is 4.74 Å². The molecule has 104 valence electrons. The Morgan fingerprint density at radius 2 is 1.60 bits per heavy atom. The van der Waals surface area contributed by atoms with Crippen molar-refractivity contribution in [2.45, 2.75) is 6.36 Å². The SMILES string of the molecule is C=Cc1cc(F)cc(-c2ccc(OC(F)(F)F)cc2)c1. The lowest BCUT2D eigenvalue weighted by Crippen LogP contribution is -2.16. The second-order valence-electron chi connectivity index (χ2n) is 4.05. The third kappa shape index (κ3) is 3.60. The van der Waals surface area contributed by atoms with Crippen LogP contribution >= 0.6 is 0 Å². The summed E-state index contributed by atoms with van der Waals surface area (Å²) in [6.45, 7) is 3.55. The van der Waals surface area contributed by atoms with Crippen molar-refractivity contribution in [3.05, 3.63) is 60.4 Å². The van der Waals surface area contributed by atoms with Crippen molar-refractivity contribution in [1.82, 2.24) is 0 Å². The zero-order chi connectivity index (χ0) is 14.8. The van der Waals surface area contributed by atoms with Gasteiger partial charge in [0.1, 0.15) is 11.6 Å². The van der Waals surface area contributed by atoms with Crippen molar-refractivity contribution >= 4 is 6.08 Å². The van der Waals surface area contributed by atoms with Crippen molar-refractivity contribution in [3.63, 3.8) is 0 Å². The highest BCUT2D eigenvalue weighted by Crippen LogP contribution is 2.27. The monoisotopic (exact) mass is 282 g/mol. The number of hydrogen-bond acceptors (Lipinski definition) is 1. The Balaban J connectivity index is 2.30. The third-order valence-corrected chi connectivity index (χ3v) is 2.58. The molecule has 2 rings (SSSR count). The van der Waals surface area contributed by atoms with Gasteiger partial charge in [-0.3, -0.25) is 0 Å². The van der Waals surface area contributed by atoms with Crippen molar-refractivity contribution in [1.29, 1.82) is 0 Å². The molecule has 0 aliphatic heterocycles. The molecule has 2 aromatic carbocycles. The minimum absolute atomic E-state index is 0.318. The van der Waals surface area contributed by atoms with Gasteiger partial charge in [-0.25, -0.2) is 4.39 Å². The van der Waals surface area contributed by atoms with E-state index in [0.29, 0.717) is 16.7 Å². The normalized spacial score (nSPS) is 11.2. The summed E-state index contributed by atoms with van der Waals surface area (Å²) < 4.78 is 53.3. The van der Waals surface area contributed by atoms with E-state index in [0.717, 1.165) is 0 Å². The van der Waals surface area contributed by atoms with E-state index in [1.54, 1.807) is 6.07 Å². The summed E-state index contributed by atoms with van der Waals surface area (Å²) in [5.74, 6) is -0.755. The molecule has 20 heavy (non-hydrogen) atoms. The summed E-state index contributed by atoms with van der Waals surface area (Å²) in [6, 6.07) is 9.54. The molecule has 0 saturated carbocycles. The van der Waals surface area contributed by atoms with Gasteiger partial charge in [0, 0.05) is 0 Å².